The van der Waals surface area contributed by atoms with Gasteiger partial charge in [0.15, 0.2) is 0 Å². The van der Waals surface area contributed by atoms with Crippen molar-refractivity contribution in [1.82, 2.24) is 15.2 Å². The number of carbonyl (C=O) groups is 2. The van der Waals surface area contributed by atoms with Crippen LogP contribution in [0.3, 0.4) is 0 Å². The van der Waals surface area contributed by atoms with Gasteiger partial charge in [0.1, 0.15) is 10.3 Å². The summed E-state index contributed by atoms with van der Waals surface area (Å²) in [6, 6.07) is 12.2. The van der Waals surface area contributed by atoms with Crippen LogP contribution in [0.5, 0.6) is 0 Å². The van der Waals surface area contributed by atoms with Crippen LogP contribution in [-0.4, -0.2) is 50.8 Å². The molecule has 2 aromatic carbocycles. The molecule has 3 N–H and O–H groups in total. The maximum atomic E-state index is 12.4. The lowest BCUT2D eigenvalue weighted by molar-refractivity contribution is -0.117. The van der Waals surface area contributed by atoms with Gasteiger partial charge in [-0.3, -0.25) is 4.79 Å². The van der Waals surface area contributed by atoms with Gasteiger partial charge in [0.2, 0.25) is 5.91 Å². The molecule has 0 radical (unpaired) electrons. The van der Waals surface area contributed by atoms with Crippen molar-refractivity contribution >= 4 is 72.7 Å². The molecular formula is C27H27BrIN5O3. The highest BCUT2D eigenvalue weighted by molar-refractivity contribution is 14.1. The summed E-state index contributed by atoms with van der Waals surface area (Å²) in [6.45, 7) is 3.21. The Kier molecular flexibility index (Phi) is 5.92. The molecule has 2 atom stereocenters. The smallest absolute Gasteiger partial charge is 0.320 e. The fraction of sp³-hybridized carbons (Fsp3) is 0.370. The molecular weight excluding hydrogens is 649 g/mol. The second kappa shape index (κ2) is 8.81. The largest absolute Gasteiger partial charge is 0.376 e. The maximum Gasteiger partial charge on any atom is 0.320 e. The van der Waals surface area contributed by atoms with E-state index in [4.69, 9.17) is 10.1 Å². The summed E-state index contributed by atoms with van der Waals surface area (Å²) < 4.78 is 0.541. The molecule has 6 rings (SSSR count). The number of pyridine rings is 1. The summed E-state index contributed by atoms with van der Waals surface area (Å²) >= 11 is 6.19. The van der Waals surface area contributed by atoms with Crippen LogP contribution in [-0.2, 0) is 29.6 Å². The maximum absolute atomic E-state index is 12.4. The molecule has 3 aromatic rings. The number of fused-ring (bicyclic) bond motifs is 2. The number of aromatic nitrogens is 1. The zero-order valence-corrected chi connectivity index (χ0v) is 24.3. The molecule has 2 aliphatic heterocycles. The molecule has 8 nitrogen and oxygen atoms in total. The van der Waals surface area contributed by atoms with E-state index in [9.17, 15) is 9.59 Å². The third-order valence-corrected chi connectivity index (χ3v) is 10.3. The molecule has 0 saturated carbocycles. The number of aliphatic hydroxyl groups excluding tert-OH is 1. The highest BCUT2D eigenvalue weighted by Crippen LogP contribution is 2.50. The van der Waals surface area contributed by atoms with Gasteiger partial charge < -0.3 is 25.5 Å². The minimum atomic E-state index is -0.429. The van der Waals surface area contributed by atoms with E-state index in [1.807, 2.05) is 12.1 Å². The Bertz CT molecular complexity index is 1480. The molecule has 37 heavy (non-hydrogen) atoms. The molecule has 1 unspecified atom stereocenters. The lowest BCUT2D eigenvalue weighted by Gasteiger charge is -2.33. The quantitative estimate of drug-likeness (QED) is 0.165. The number of hydrogen-bond acceptors (Lipinski definition) is 5. The number of likely N-dealkylation sites (N-methyl/N-ethyl adjacent to an activating group) is 1. The van der Waals surface area contributed by atoms with Crippen LogP contribution >= 0.6 is 38.5 Å². The van der Waals surface area contributed by atoms with Crippen molar-refractivity contribution in [2.45, 2.75) is 41.7 Å². The van der Waals surface area contributed by atoms with Crippen molar-refractivity contribution < 1.29 is 14.7 Å². The molecule has 0 fully saturated rings. The van der Waals surface area contributed by atoms with Crippen LogP contribution in [0.25, 0.3) is 10.9 Å². The van der Waals surface area contributed by atoms with Crippen molar-refractivity contribution in [1.29, 1.82) is 0 Å². The molecule has 0 bridgehead atoms. The summed E-state index contributed by atoms with van der Waals surface area (Å²) in [4.78, 5) is 33.8. The Morgan fingerprint density at radius 3 is 2.89 bits per heavy atom. The van der Waals surface area contributed by atoms with Crippen molar-refractivity contribution in [3.05, 3.63) is 63.3 Å². The summed E-state index contributed by atoms with van der Waals surface area (Å²) in [7, 11) is 1.76. The number of benzene rings is 2. The summed E-state index contributed by atoms with van der Waals surface area (Å²) in [6.07, 6.45) is 1.88. The van der Waals surface area contributed by atoms with Gasteiger partial charge in [0, 0.05) is 65.1 Å². The first-order valence-corrected chi connectivity index (χ1v) is 14.1. The SMILES string of the molecule is CN(C(=O)NCO)[C@]1(I)Cc2cc3ccc(CN4CC5(C)CC(=O)Nc6cccc4c65)nc3c(Br)c2C1. The van der Waals surface area contributed by atoms with Crippen LogP contribution < -0.4 is 15.5 Å². The molecule has 0 saturated heterocycles. The van der Waals surface area contributed by atoms with E-state index in [0.29, 0.717) is 25.8 Å². The van der Waals surface area contributed by atoms with Crippen LogP contribution in [0.1, 0.15) is 35.7 Å². The summed E-state index contributed by atoms with van der Waals surface area (Å²) in [5.41, 5.74) is 7.33. The van der Waals surface area contributed by atoms with Crippen LogP contribution in [0, 0.1) is 0 Å². The third kappa shape index (κ3) is 3.99. The predicted molar refractivity (Wildman–Crippen MR) is 155 cm³/mol. The van der Waals surface area contributed by atoms with E-state index in [2.05, 4.69) is 85.2 Å². The van der Waals surface area contributed by atoms with Crippen molar-refractivity contribution in [2.24, 2.45) is 0 Å². The Labute approximate surface area is 237 Å². The minimum Gasteiger partial charge on any atom is -0.376 e. The molecule has 0 spiro atoms. The number of aliphatic hydroxyl groups is 1. The Morgan fingerprint density at radius 2 is 2.11 bits per heavy atom. The third-order valence-electron chi connectivity index (χ3n) is 7.92. The summed E-state index contributed by atoms with van der Waals surface area (Å²) in [5, 5.41) is 15.7. The van der Waals surface area contributed by atoms with Gasteiger partial charge in [-0.1, -0.05) is 41.6 Å². The minimum absolute atomic E-state index is 0.0708. The number of nitrogens with zero attached hydrogens (tertiary/aromatic N) is 3. The first-order valence-electron chi connectivity index (χ1n) is 12.2. The van der Waals surface area contributed by atoms with Gasteiger partial charge in [-0.15, -0.1) is 0 Å². The second-order valence-electron chi connectivity index (χ2n) is 10.5. The van der Waals surface area contributed by atoms with Crippen molar-refractivity contribution in [3.63, 3.8) is 0 Å². The van der Waals surface area contributed by atoms with Gasteiger partial charge >= 0.3 is 6.03 Å². The second-order valence-corrected chi connectivity index (χ2v) is 13.3. The van der Waals surface area contributed by atoms with Gasteiger partial charge in [0.05, 0.1) is 17.8 Å². The number of amides is 3. The van der Waals surface area contributed by atoms with Gasteiger partial charge in [-0.05, 0) is 51.3 Å². The van der Waals surface area contributed by atoms with Gasteiger partial charge in [-0.25, -0.2) is 9.78 Å². The summed E-state index contributed by atoms with van der Waals surface area (Å²) in [5.74, 6) is 0.0708. The number of hydrogen-bond donors (Lipinski definition) is 3. The lowest BCUT2D eigenvalue weighted by Crippen LogP contribution is -2.50. The van der Waals surface area contributed by atoms with E-state index >= 15 is 0 Å². The standard InChI is InChI=1S/C27H27BrIN5O3/c1-26-11-21(36)32-19-4-3-5-20(22(19)26)34(13-26)12-17-7-6-15-8-16-9-27(29,33(2)25(37)30-14-35)10-18(16)23(28)24(15)31-17/h3-8,35H,9-14H2,1-2H3,(H,30,37)(H,32,36)/t26?,27-/m1/s1. The average Bonchev–Trinajstić information content (AvgIpc) is 3.34. The molecule has 1 aliphatic carbocycles. The first-order chi connectivity index (χ1) is 17.6. The molecule has 192 valence electrons. The number of urea groups is 1. The van der Waals surface area contributed by atoms with E-state index in [-0.39, 0.29) is 17.4 Å². The highest BCUT2D eigenvalue weighted by atomic mass is 127. The highest BCUT2D eigenvalue weighted by Gasteiger charge is 2.45. The van der Waals surface area contributed by atoms with E-state index in [1.54, 1.807) is 11.9 Å². The fourth-order valence-electron chi connectivity index (χ4n) is 6.19. The number of nitrogens with one attached hydrogen (secondary N) is 2. The monoisotopic (exact) mass is 675 g/mol. The molecule has 3 heterocycles. The Morgan fingerprint density at radius 1 is 1.30 bits per heavy atom. The Balaban J connectivity index is 1.31. The number of carbonyl (C=O) groups excluding carboxylic acids is 2. The number of anilines is 2. The fourth-order valence-corrected chi connectivity index (χ4v) is 7.91. The first kappa shape index (κ1) is 24.9. The van der Waals surface area contributed by atoms with E-state index in [1.165, 1.54) is 11.1 Å². The zero-order chi connectivity index (χ0) is 26.1. The normalized spacial score (nSPS) is 23.6. The van der Waals surface area contributed by atoms with Crippen LogP contribution in [0.2, 0.25) is 0 Å². The topological polar surface area (TPSA) is 97.8 Å². The molecule has 3 amide bonds. The van der Waals surface area contributed by atoms with Crippen LogP contribution in [0.4, 0.5) is 16.2 Å². The van der Waals surface area contributed by atoms with Gasteiger partial charge in [-0.2, -0.15) is 0 Å². The zero-order valence-electron chi connectivity index (χ0n) is 20.6. The molecule has 10 heteroatoms. The van der Waals surface area contributed by atoms with Crippen molar-refractivity contribution in [2.75, 3.05) is 30.5 Å². The van der Waals surface area contributed by atoms with Crippen molar-refractivity contribution in [3.8, 4) is 0 Å². The number of rotatable bonds is 4. The van der Waals surface area contributed by atoms with Crippen LogP contribution in [0.15, 0.2) is 40.9 Å². The number of alkyl halides is 1. The van der Waals surface area contributed by atoms with E-state index in [0.717, 1.165) is 44.6 Å². The lowest BCUT2D eigenvalue weighted by atomic mass is 9.78. The number of halogens is 2. The predicted octanol–water partition coefficient (Wildman–Crippen LogP) is 4.44. The Hall–Kier alpha value is -2.44. The average molecular weight is 676 g/mol. The molecule has 3 aliphatic rings. The van der Waals surface area contributed by atoms with E-state index < -0.39 is 10.3 Å². The van der Waals surface area contributed by atoms with Gasteiger partial charge in [0.25, 0.3) is 0 Å². The molecule has 1 aromatic heterocycles.